The monoisotopic (exact) mass is 306 g/mol. The predicted octanol–water partition coefficient (Wildman–Crippen LogP) is 1.54. The van der Waals surface area contributed by atoms with Crippen molar-refractivity contribution < 1.29 is 13.5 Å². The quantitative estimate of drug-likeness (QED) is 0.879. The van der Waals surface area contributed by atoms with E-state index in [0.29, 0.717) is 5.69 Å². The lowest BCUT2D eigenvalue weighted by Crippen LogP contribution is -2.29. The summed E-state index contributed by atoms with van der Waals surface area (Å²) >= 11 is 0. The molecule has 0 fully saturated rings. The number of aliphatic hydroxyl groups excluding tert-OH is 1. The zero-order chi connectivity index (χ0) is 15.3. The molecule has 0 spiro atoms. The Balaban J connectivity index is 2.17. The van der Waals surface area contributed by atoms with Crippen LogP contribution in [0.15, 0.2) is 48.7 Å². The molecule has 0 atom stereocenters. The van der Waals surface area contributed by atoms with Gasteiger partial charge in [0.15, 0.2) is 0 Å². The lowest BCUT2D eigenvalue weighted by atomic mass is 10.1. The Morgan fingerprint density at radius 1 is 1.05 bits per heavy atom. The van der Waals surface area contributed by atoms with E-state index in [1.807, 2.05) is 18.2 Å². The van der Waals surface area contributed by atoms with Gasteiger partial charge in [0.1, 0.15) is 0 Å². The maximum absolute atomic E-state index is 11.9. The van der Waals surface area contributed by atoms with Crippen LogP contribution in [0.5, 0.6) is 0 Å². The number of sulfonamides is 1. The van der Waals surface area contributed by atoms with Crippen molar-refractivity contribution in [2.75, 3.05) is 6.26 Å². The van der Waals surface area contributed by atoms with E-state index in [1.54, 1.807) is 30.5 Å². The summed E-state index contributed by atoms with van der Waals surface area (Å²) in [5.74, 6) is 0. The summed E-state index contributed by atoms with van der Waals surface area (Å²) in [6.45, 7) is 0.493. The van der Waals surface area contributed by atoms with Crippen LogP contribution in [0.4, 0.5) is 0 Å². The van der Waals surface area contributed by atoms with Gasteiger partial charge in [-0.05, 0) is 23.3 Å². The maximum atomic E-state index is 11.9. The second-order valence-electron chi connectivity index (χ2n) is 4.83. The Bertz CT molecular complexity index is 670. The molecule has 0 radical (unpaired) electrons. The summed E-state index contributed by atoms with van der Waals surface area (Å²) in [4.78, 5) is 4.16. The number of hydrogen-bond acceptors (Lipinski definition) is 4. The van der Waals surface area contributed by atoms with Gasteiger partial charge in [-0.2, -0.15) is 4.31 Å². The van der Waals surface area contributed by atoms with Gasteiger partial charge in [-0.1, -0.05) is 30.3 Å². The Hall–Kier alpha value is -1.76. The maximum Gasteiger partial charge on any atom is 0.211 e. The van der Waals surface area contributed by atoms with Gasteiger partial charge in [0.25, 0.3) is 0 Å². The minimum absolute atomic E-state index is 0.0238. The molecule has 5 nitrogen and oxygen atoms in total. The molecule has 0 saturated heterocycles. The number of pyridine rings is 1. The SMILES string of the molecule is CS(=O)(=O)N(Cc1ccc(CO)cc1)Cc1ccccn1. The summed E-state index contributed by atoms with van der Waals surface area (Å²) in [5.41, 5.74) is 2.37. The lowest BCUT2D eigenvalue weighted by Gasteiger charge is -2.19. The molecule has 1 aromatic carbocycles. The first kappa shape index (κ1) is 15.6. The summed E-state index contributed by atoms with van der Waals surface area (Å²) in [6.07, 6.45) is 2.84. The van der Waals surface area contributed by atoms with Crippen molar-refractivity contribution in [1.29, 1.82) is 0 Å². The Morgan fingerprint density at radius 2 is 1.71 bits per heavy atom. The van der Waals surface area contributed by atoms with E-state index in [1.165, 1.54) is 10.6 Å². The number of aliphatic hydroxyl groups is 1. The molecule has 6 heteroatoms. The van der Waals surface area contributed by atoms with Gasteiger partial charge < -0.3 is 5.11 Å². The highest BCUT2D eigenvalue weighted by Gasteiger charge is 2.18. The Labute approximate surface area is 124 Å². The van der Waals surface area contributed by atoms with Crippen molar-refractivity contribution in [1.82, 2.24) is 9.29 Å². The summed E-state index contributed by atoms with van der Waals surface area (Å²) in [6, 6.07) is 12.6. The third-order valence-electron chi connectivity index (χ3n) is 3.10. The first-order chi connectivity index (χ1) is 9.99. The van der Waals surface area contributed by atoms with Crippen molar-refractivity contribution in [3.63, 3.8) is 0 Å². The van der Waals surface area contributed by atoms with Gasteiger partial charge in [0.2, 0.25) is 10.0 Å². The van der Waals surface area contributed by atoms with Gasteiger partial charge in [-0.25, -0.2) is 8.42 Å². The number of hydrogen-bond donors (Lipinski definition) is 1. The van der Waals surface area contributed by atoms with Crippen LogP contribution >= 0.6 is 0 Å². The molecule has 2 rings (SSSR count). The van der Waals surface area contributed by atoms with E-state index in [0.717, 1.165) is 11.1 Å². The van der Waals surface area contributed by atoms with Crippen LogP contribution in [0.25, 0.3) is 0 Å². The molecule has 0 aliphatic carbocycles. The standard InChI is InChI=1S/C15H18N2O3S/c1-21(19,20)17(11-15-4-2-3-9-16-15)10-13-5-7-14(12-18)8-6-13/h2-9,18H,10-12H2,1H3. The van der Waals surface area contributed by atoms with Crippen LogP contribution in [0.3, 0.4) is 0 Å². The third kappa shape index (κ3) is 4.63. The van der Waals surface area contributed by atoms with E-state index in [4.69, 9.17) is 5.11 Å². The van der Waals surface area contributed by atoms with E-state index >= 15 is 0 Å². The topological polar surface area (TPSA) is 70.5 Å². The molecular weight excluding hydrogens is 288 g/mol. The highest BCUT2D eigenvalue weighted by Crippen LogP contribution is 2.13. The molecular formula is C15H18N2O3S. The van der Waals surface area contributed by atoms with Crippen LogP contribution in [0.1, 0.15) is 16.8 Å². The average Bonchev–Trinajstić information content (AvgIpc) is 2.47. The minimum Gasteiger partial charge on any atom is -0.392 e. The van der Waals surface area contributed by atoms with Crippen LogP contribution in [-0.2, 0) is 29.7 Å². The number of nitrogens with zero attached hydrogens (tertiary/aromatic N) is 2. The van der Waals surface area contributed by atoms with Gasteiger partial charge in [-0.15, -0.1) is 0 Å². The van der Waals surface area contributed by atoms with Crippen molar-refractivity contribution in [2.24, 2.45) is 0 Å². The first-order valence-electron chi connectivity index (χ1n) is 6.53. The van der Waals surface area contributed by atoms with Gasteiger partial charge in [0.05, 0.1) is 25.1 Å². The van der Waals surface area contributed by atoms with Crippen molar-refractivity contribution in [3.05, 3.63) is 65.5 Å². The zero-order valence-electron chi connectivity index (χ0n) is 11.8. The molecule has 1 N–H and O–H groups in total. The molecule has 0 amide bonds. The summed E-state index contributed by atoms with van der Waals surface area (Å²) < 4.78 is 25.2. The van der Waals surface area contributed by atoms with Crippen molar-refractivity contribution >= 4 is 10.0 Å². The van der Waals surface area contributed by atoms with Gasteiger partial charge in [-0.3, -0.25) is 4.98 Å². The first-order valence-corrected chi connectivity index (χ1v) is 8.37. The normalized spacial score (nSPS) is 11.8. The van der Waals surface area contributed by atoms with E-state index in [-0.39, 0.29) is 19.7 Å². The van der Waals surface area contributed by atoms with E-state index in [9.17, 15) is 8.42 Å². The number of aromatic nitrogens is 1. The van der Waals surface area contributed by atoms with Gasteiger partial charge in [0, 0.05) is 12.7 Å². The smallest absolute Gasteiger partial charge is 0.211 e. The Morgan fingerprint density at radius 3 is 2.24 bits per heavy atom. The Kier molecular flexibility index (Phi) is 5.06. The largest absolute Gasteiger partial charge is 0.392 e. The second-order valence-corrected chi connectivity index (χ2v) is 6.81. The average molecular weight is 306 g/mol. The van der Waals surface area contributed by atoms with Crippen molar-refractivity contribution in [3.8, 4) is 0 Å². The minimum atomic E-state index is -3.33. The van der Waals surface area contributed by atoms with Crippen LogP contribution in [0, 0.1) is 0 Å². The summed E-state index contributed by atoms with van der Waals surface area (Å²) in [5, 5.41) is 9.02. The third-order valence-corrected chi connectivity index (χ3v) is 4.29. The molecule has 0 saturated carbocycles. The molecule has 21 heavy (non-hydrogen) atoms. The highest BCUT2D eigenvalue weighted by atomic mass is 32.2. The fraction of sp³-hybridized carbons (Fsp3) is 0.267. The molecule has 0 unspecified atom stereocenters. The van der Waals surface area contributed by atoms with E-state index < -0.39 is 10.0 Å². The fourth-order valence-electron chi connectivity index (χ4n) is 1.92. The fourth-order valence-corrected chi connectivity index (χ4v) is 2.67. The van der Waals surface area contributed by atoms with Crippen molar-refractivity contribution in [2.45, 2.75) is 19.7 Å². The highest BCUT2D eigenvalue weighted by molar-refractivity contribution is 7.88. The van der Waals surface area contributed by atoms with Crippen LogP contribution in [0.2, 0.25) is 0 Å². The molecule has 1 aromatic heterocycles. The number of rotatable bonds is 6. The lowest BCUT2D eigenvalue weighted by molar-refractivity contribution is 0.282. The number of benzene rings is 1. The second kappa shape index (κ2) is 6.80. The van der Waals surface area contributed by atoms with Gasteiger partial charge >= 0.3 is 0 Å². The van der Waals surface area contributed by atoms with Crippen LogP contribution in [-0.4, -0.2) is 29.1 Å². The molecule has 0 aliphatic heterocycles. The molecule has 1 heterocycles. The molecule has 0 bridgehead atoms. The zero-order valence-corrected chi connectivity index (χ0v) is 12.6. The predicted molar refractivity (Wildman–Crippen MR) is 80.7 cm³/mol. The van der Waals surface area contributed by atoms with E-state index in [2.05, 4.69) is 4.98 Å². The van der Waals surface area contributed by atoms with Crippen LogP contribution < -0.4 is 0 Å². The molecule has 0 aliphatic rings. The summed E-state index contributed by atoms with van der Waals surface area (Å²) in [7, 11) is -3.33. The molecule has 112 valence electrons. The molecule has 2 aromatic rings.